The van der Waals surface area contributed by atoms with Crippen LogP contribution in [0.5, 0.6) is 0 Å². The van der Waals surface area contributed by atoms with E-state index in [1.165, 1.54) is 87.0 Å². The van der Waals surface area contributed by atoms with Gasteiger partial charge in [-0.15, -0.1) is 11.3 Å². The molecule has 13 rings (SSSR count). The molecular weight excluding hydrogens is 832 g/mol. The average molecular weight is 881 g/mol. The predicted octanol–water partition coefficient (Wildman–Crippen LogP) is 16.6. The smallest absolute Gasteiger partial charge is 0.333 e. The maximum Gasteiger partial charge on any atom is 0.333 e. The number of rotatable bonds is 4. The lowest BCUT2D eigenvalue weighted by Crippen LogP contribution is -2.61. The Kier molecular flexibility index (Phi) is 8.70. The molecule has 0 saturated heterocycles. The van der Waals surface area contributed by atoms with Crippen LogP contribution in [0.1, 0.15) is 52.7 Å². The summed E-state index contributed by atoms with van der Waals surface area (Å²) in [6.07, 6.45) is 0. The molecule has 0 amide bonds. The molecule has 322 valence electrons. The van der Waals surface area contributed by atoms with Crippen LogP contribution in [0.2, 0.25) is 0 Å². The van der Waals surface area contributed by atoms with Crippen molar-refractivity contribution >= 4 is 99.7 Å². The van der Waals surface area contributed by atoms with Crippen molar-refractivity contribution in [2.24, 2.45) is 0 Å². The van der Waals surface area contributed by atoms with E-state index < -0.39 is 0 Å². The number of fused-ring (bicyclic) bond motifs is 12. The lowest BCUT2D eigenvalue weighted by atomic mass is 9.43. The summed E-state index contributed by atoms with van der Waals surface area (Å²) in [5.74, 6) is 0. The molecule has 0 N–H and O–H groups in total. The van der Waals surface area contributed by atoms with E-state index in [4.69, 9.17) is 4.42 Å². The first-order valence-electron chi connectivity index (χ1n) is 23.5. The Labute approximate surface area is 396 Å². The van der Waals surface area contributed by atoms with Crippen molar-refractivity contribution in [2.45, 2.75) is 52.4 Å². The van der Waals surface area contributed by atoms with Gasteiger partial charge in [0.25, 0.3) is 0 Å². The van der Waals surface area contributed by atoms with Gasteiger partial charge in [0, 0.05) is 59.3 Å². The molecule has 0 fully saturated rings. The van der Waals surface area contributed by atoms with Crippen molar-refractivity contribution in [1.29, 1.82) is 0 Å². The number of anilines is 5. The van der Waals surface area contributed by atoms with Crippen LogP contribution in [0.25, 0.3) is 75.5 Å². The Morgan fingerprint density at radius 1 is 0.478 bits per heavy atom. The maximum atomic E-state index is 6.83. The number of benzene rings is 9. The van der Waals surface area contributed by atoms with Crippen molar-refractivity contribution in [1.82, 2.24) is 0 Å². The molecular formula is C62H49BN2OS. The number of nitrogens with zero attached hydrogens (tertiary/aromatic N) is 2. The van der Waals surface area contributed by atoms with Gasteiger partial charge in [0.2, 0.25) is 0 Å². The van der Waals surface area contributed by atoms with Gasteiger partial charge >= 0.3 is 6.85 Å². The molecule has 5 heteroatoms. The van der Waals surface area contributed by atoms with Crippen molar-refractivity contribution in [2.75, 3.05) is 9.71 Å². The molecule has 0 spiro atoms. The zero-order valence-corrected chi connectivity index (χ0v) is 39.5. The molecule has 9 aromatic carbocycles. The Bertz CT molecular complexity index is 3780. The van der Waals surface area contributed by atoms with Crippen LogP contribution in [0.3, 0.4) is 0 Å². The second kappa shape index (κ2) is 14.6. The largest absolute Gasteiger partial charge is 0.456 e. The van der Waals surface area contributed by atoms with Gasteiger partial charge in [-0.1, -0.05) is 175 Å². The fourth-order valence-corrected chi connectivity index (χ4v) is 12.3. The van der Waals surface area contributed by atoms with E-state index in [-0.39, 0.29) is 17.7 Å². The number of hydrogen-bond donors (Lipinski definition) is 0. The van der Waals surface area contributed by atoms with Gasteiger partial charge in [-0.05, 0) is 104 Å². The summed E-state index contributed by atoms with van der Waals surface area (Å²) in [5.41, 5.74) is 20.1. The van der Waals surface area contributed by atoms with E-state index in [2.05, 4.69) is 239 Å². The van der Waals surface area contributed by atoms with Crippen LogP contribution >= 0.6 is 11.3 Å². The standard InChI is InChI=1S/C62H49BN2OS/c1-61(2,3)41-26-29-43(30-27-41)65-51-35-40(38-17-9-7-10-18-38)25-31-45(51)57-58-52(37-48-44-21-14-16-24-55(44)67-60(48)57)64(50-33-28-42(62(4,5)6)36-47(50)39-19-11-8-12-20-39)59-49(63(58)65)32-34-54-56(59)46-22-13-15-23-53(46)66-54/h7-37H,1-6H3. The SMILES string of the molecule is CC(C)(C)c1ccc(N2B3c4ccc5oc6ccccc6c5c4N(c4ccc(C(C)(C)C)cc4-c4ccccc4)c4cc5c(sc6ccccc65)c(c43)-c3ccc(-c4ccccc4)cc32)cc1. The Balaban J connectivity index is 1.23. The zero-order chi connectivity index (χ0) is 45.3. The highest BCUT2D eigenvalue weighted by Gasteiger charge is 2.47. The summed E-state index contributed by atoms with van der Waals surface area (Å²) in [4.78, 5) is 5.28. The third-order valence-electron chi connectivity index (χ3n) is 14.4. The molecule has 4 heterocycles. The Hall–Kier alpha value is -7.34. The monoisotopic (exact) mass is 880 g/mol. The van der Waals surface area contributed by atoms with Crippen LogP contribution in [0, 0.1) is 0 Å². The predicted molar refractivity (Wildman–Crippen MR) is 289 cm³/mol. The molecule has 0 bridgehead atoms. The number of hydrogen-bond acceptors (Lipinski definition) is 4. The van der Waals surface area contributed by atoms with Crippen molar-refractivity contribution in [3.05, 3.63) is 199 Å². The van der Waals surface area contributed by atoms with Crippen LogP contribution < -0.4 is 20.6 Å². The van der Waals surface area contributed by atoms with E-state index in [1.807, 2.05) is 11.3 Å². The number of furan rings is 1. The second-order valence-electron chi connectivity index (χ2n) is 20.5. The summed E-state index contributed by atoms with van der Waals surface area (Å²) in [6.45, 7) is 13.7. The highest BCUT2D eigenvalue weighted by atomic mass is 32.1. The fraction of sp³-hybridized carbons (Fsp3) is 0.129. The molecule has 11 aromatic rings. The molecule has 0 saturated carbocycles. The van der Waals surface area contributed by atoms with Gasteiger partial charge < -0.3 is 14.1 Å². The molecule has 0 atom stereocenters. The van der Waals surface area contributed by atoms with Crippen molar-refractivity contribution < 1.29 is 4.42 Å². The van der Waals surface area contributed by atoms with E-state index in [0.717, 1.165) is 39.0 Å². The third-order valence-corrected chi connectivity index (χ3v) is 15.6. The first-order valence-corrected chi connectivity index (χ1v) is 24.3. The minimum atomic E-state index is -0.183. The first kappa shape index (κ1) is 40.0. The minimum absolute atomic E-state index is 0.0102. The van der Waals surface area contributed by atoms with E-state index in [1.54, 1.807) is 0 Å². The normalized spacial score (nSPS) is 13.4. The lowest BCUT2D eigenvalue weighted by Gasteiger charge is -2.46. The molecule has 2 aliphatic heterocycles. The molecule has 0 unspecified atom stereocenters. The summed E-state index contributed by atoms with van der Waals surface area (Å²) in [6, 6.07) is 70.3. The molecule has 67 heavy (non-hydrogen) atoms. The second-order valence-corrected chi connectivity index (χ2v) is 21.5. The number of thiophene rings is 1. The van der Waals surface area contributed by atoms with E-state index in [9.17, 15) is 0 Å². The van der Waals surface area contributed by atoms with Crippen LogP contribution in [-0.4, -0.2) is 6.85 Å². The Morgan fingerprint density at radius 2 is 1.15 bits per heavy atom. The van der Waals surface area contributed by atoms with Gasteiger partial charge in [0.15, 0.2) is 0 Å². The highest BCUT2D eigenvalue weighted by Crippen LogP contribution is 2.55. The van der Waals surface area contributed by atoms with Crippen LogP contribution in [-0.2, 0) is 10.8 Å². The molecule has 0 radical (unpaired) electrons. The topological polar surface area (TPSA) is 19.6 Å². The van der Waals surface area contributed by atoms with Gasteiger partial charge in [-0.25, -0.2) is 0 Å². The number of para-hydroxylation sites is 1. The van der Waals surface area contributed by atoms with Crippen molar-refractivity contribution in [3.63, 3.8) is 0 Å². The maximum absolute atomic E-state index is 6.83. The third kappa shape index (κ3) is 6.10. The molecule has 0 aliphatic carbocycles. The van der Waals surface area contributed by atoms with Crippen molar-refractivity contribution in [3.8, 4) is 33.4 Å². The van der Waals surface area contributed by atoms with Gasteiger partial charge in [-0.3, -0.25) is 0 Å². The fourth-order valence-electron chi connectivity index (χ4n) is 11.0. The van der Waals surface area contributed by atoms with Gasteiger partial charge in [0.1, 0.15) is 11.2 Å². The lowest BCUT2D eigenvalue weighted by molar-refractivity contribution is 0.590. The minimum Gasteiger partial charge on any atom is -0.456 e. The first-order chi connectivity index (χ1) is 32.5. The van der Waals surface area contributed by atoms with E-state index >= 15 is 0 Å². The zero-order valence-electron chi connectivity index (χ0n) is 38.7. The van der Waals surface area contributed by atoms with Crippen LogP contribution in [0.15, 0.2) is 192 Å². The molecule has 3 nitrogen and oxygen atoms in total. The van der Waals surface area contributed by atoms with Crippen LogP contribution in [0.4, 0.5) is 28.4 Å². The summed E-state index contributed by atoms with van der Waals surface area (Å²) >= 11 is 1.92. The average Bonchev–Trinajstić information content (AvgIpc) is 3.92. The van der Waals surface area contributed by atoms with E-state index in [0.29, 0.717) is 0 Å². The molecule has 2 aliphatic rings. The van der Waals surface area contributed by atoms with Gasteiger partial charge in [-0.2, -0.15) is 0 Å². The quantitative estimate of drug-likeness (QED) is 0.164. The van der Waals surface area contributed by atoms with Gasteiger partial charge in [0.05, 0.1) is 16.8 Å². The summed E-state index contributed by atoms with van der Waals surface area (Å²) in [5, 5.41) is 4.80. The Morgan fingerprint density at radius 3 is 1.90 bits per heavy atom. The highest BCUT2D eigenvalue weighted by molar-refractivity contribution is 7.26. The molecule has 2 aromatic heterocycles. The summed E-state index contributed by atoms with van der Waals surface area (Å²) in [7, 11) is 0. The summed E-state index contributed by atoms with van der Waals surface area (Å²) < 4.78 is 9.45.